The number of sulfonamides is 1. The Kier molecular flexibility index (Phi) is 6.94. The van der Waals surface area contributed by atoms with Gasteiger partial charge in [0.05, 0.1) is 10.5 Å². The number of aromatic nitrogens is 4. The third-order valence-electron chi connectivity index (χ3n) is 4.89. The highest BCUT2D eigenvalue weighted by Crippen LogP contribution is 2.15. The van der Waals surface area contributed by atoms with E-state index in [0.717, 1.165) is 12.8 Å². The Morgan fingerprint density at radius 3 is 2.69 bits per heavy atom. The van der Waals surface area contributed by atoms with Gasteiger partial charge in [-0.05, 0) is 24.6 Å². The Balaban J connectivity index is 1.88. The van der Waals surface area contributed by atoms with Gasteiger partial charge in [-0.15, -0.1) is 0 Å². The number of carbonyl (C=O) groups excluding carboxylic acids is 1. The summed E-state index contributed by atoms with van der Waals surface area (Å²) >= 11 is 0. The van der Waals surface area contributed by atoms with Crippen molar-refractivity contribution in [2.45, 2.75) is 44.7 Å². The first-order chi connectivity index (χ1) is 15.2. The molecule has 0 unspecified atom stereocenters. The van der Waals surface area contributed by atoms with Crippen LogP contribution in [0.3, 0.4) is 0 Å². The van der Waals surface area contributed by atoms with Gasteiger partial charge in [-0.1, -0.05) is 26.3 Å². The second-order valence-corrected chi connectivity index (χ2v) is 8.90. The molecular weight excluding hydrogens is 438 g/mol. The molecule has 0 aliphatic rings. The number of hydrogen-bond acceptors (Lipinski definition) is 7. The Morgan fingerprint density at radius 2 is 2.00 bits per heavy atom. The van der Waals surface area contributed by atoms with Crippen LogP contribution in [0.15, 0.2) is 38.8 Å². The fourth-order valence-corrected chi connectivity index (χ4v) is 4.31. The maximum absolute atomic E-state index is 12.5. The molecule has 2 heterocycles. The molecule has 2 aromatic heterocycles. The van der Waals surface area contributed by atoms with Crippen molar-refractivity contribution >= 4 is 27.2 Å². The predicted octanol–water partition coefficient (Wildman–Crippen LogP) is 0.879. The normalized spacial score (nSPS) is 11.7. The number of aryl methyl sites for hydroxylation is 2. The number of nitrogens with zero attached hydrogens (tertiary/aromatic N) is 3. The van der Waals surface area contributed by atoms with Gasteiger partial charge in [0.1, 0.15) is 12.4 Å². The molecule has 0 spiro atoms. The number of imidazole rings is 1. The molecule has 12 heteroatoms. The van der Waals surface area contributed by atoms with Gasteiger partial charge in [-0.3, -0.25) is 14.3 Å². The van der Waals surface area contributed by atoms with Crippen molar-refractivity contribution in [2.75, 3.05) is 6.54 Å². The number of nitrogens with one attached hydrogen (secondary N) is 2. The molecule has 11 nitrogen and oxygen atoms in total. The van der Waals surface area contributed by atoms with E-state index in [4.69, 9.17) is 4.74 Å². The van der Waals surface area contributed by atoms with E-state index in [9.17, 15) is 22.8 Å². The SMILES string of the molecule is CCCCn1c(=O)[nH]c(=O)c2c1nc(COC(=O)c1cccc(S(=O)(=O)NCC)c1)n2C. The highest BCUT2D eigenvalue weighted by atomic mass is 32.2. The number of ether oxygens (including phenoxy) is 1. The summed E-state index contributed by atoms with van der Waals surface area (Å²) in [6.45, 7) is 3.98. The maximum Gasteiger partial charge on any atom is 0.338 e. The van der Waals surface area contributed by atoms with E-state index in [2.05, 4.69) is 14.7 Å². The summed E-state index contributed by atoms with van der Waals surface area (Å²) in [4.78, 5) is 43.6. The molecule has 0 fully saturated rings. The highest BCUT2D eigenvalue weighted by Gasteiger charge is 2.19. The first-order valence-corrected chi connectivity index (χ1v) is 11.6. The van der Waals surface area contributed by atoms with E-state index < -0.39 is 27.2 Å². The summed E-state index contributed by atoms with van der Waals surface area (Å²) in [5.41, 5.74) is -0.645. The minimum atomic E-state index is -3.72. The van der Waals surface area contributed by atoms with Gasteiger partial charge in [0.2, 0.25) is 10.0 Å². The minimum absolute atomic E-state index is 0.0528. The standard InChI is InChI=1S/C20H25N5O6S/c1-4-6-10-25-17-16(18(26)23-20(25)28)24(3)15(22-17)12-31-19(27)13-8-7-9-14(11-13)32(29,30)21-5-2/h7-9,11,21H,4-6,10,12H2,1-3H3,(H,23,26,28). The van der Waals surface area contributed by atoms with Gasteiger partial charge < -0.3 is 9.30 Å². The van der Waals surface area contributed by atoms with Crippen LogP contribution in [0.4, 0.5) is 0 Å². The van der Waals surface area contributed by atoms with Crippen LogP contribution in [0.1, 0.15) is 42.9 Å². The molecular formula is C20H25N5O6S. The largest absolute Gasteiger partial charge is 0.454 e. The van der Waals surface area contributed by atoms with Crippen molar-refractivity contribution in [3.05, 3.63) is 56.5 Å². The van der Waals surface area contributed by atoms with E-state index in [1.54, 1.807) is 14.0 Å². The number of benzene rings is 1. The van der Waals surface area contributed by atoms with Crippen LogP contribution in [0, 0.1) is 0 Å². The second kappa shape index (κ2) is 9.49. The van der Waals surface area contributed by atoms with Crippen molar-refractivity contribution in [1.82, 2.24) is 23.8 Å². The maximum atomic E-state index is 12.5. The third kappa shape index (κ3) is 4.65. The molecule has 0 aliphatic carbocycles. The van der Waals surface area contributed by atoms with Gasteiger partial charge in [0.15, 0.2) is 11.2 Å². The Bertz CT molecular complexity index is 1370. The predicted molar refractivity (Wildman–Crippen MR) is 117 cm³/mol. The third-order valence-corrected chi connectivity index (χ3v) is 6.43. The molecule has 32 heavy (non-hydrogen) atoms. The molecule has 0 radical (unpaired) electrons. The molecule has 2 N–H and O–H groups in total. The van der Waals surface area contributed by atoms with Crippen LogP contribution in [-0.2, 0) is 35.0 Å². The summed E-state index contributed by atoms with van der Waals surface area (Å²) in [5, 5.41) is 0. The highest BCUT2D eigenvalue weighted by molar-refractivity contribution is 7.89. The van der Waals surface area contributed by atoms with Crippen LogP contribution in [-0.4, -0.2) is 40.0 Å². The van der Waals surface area contributed by atoms with Crippen molar-refractivity contribution in [2.24, 2.45) is 7.05 Å². The zero-order chi connectivity index (χ0) is 23.5. The molecule has 0 saturated heterocycles. The lowest BCUT2D eigenvalue weighted by Crippen LogP contribution is -2.31. The lowest BCUT2D eigenvalue weighted by atomic mass is 10.2. The van der Waals surface area contributed by atoms with E-state index in [-0.39, 0.29) is 40.6 Å². The molecule has 172 valence electrons. The summed E-state index contributed by atoms with van der Waals surface area (Å²) in [7, 11) is -2.13. The number of H-pyrrole nitrogens is 1. The quantitative estimate of drug-likeness (QED) is 0.448. The van der Waals surface area contributed by atoms with Crippen LogP contribution in [0.2, 0.25) is 0 Å². The minimum Gasteiger partial charge on any atom is -0.454 e. The number of unbranched alkanes of at least 4 members (excludes halogenated alkanes) is 1. The van der Waals surface area contributed by atoms with Crippen LogP contribution in [0.5, 0.6) is 0 Å². The first-order valence-electron chi connectivity index (χ1n) is 10.1. The van der Waals surface area contributed by atoms with Crippen molar-refractivity contribution in [3.63, 3.8) is 0 Å². The van der Waals surface area contributed by atoms with Crippen molar-refractivity contribution in [3.8, 4) is 0 Å². The van der Waals surface area contributed by atoms with Gasteiger partial charge in [0.25, 0.3) is 5.56 Å². The average Bonchev–Trinajstić information content (AvgIpc) is 3.08. The number of carbonyl (C=O) groups is 1. The Morgan fingerprint density at radius 1 is 1.25 bits per heavy atom. The zero-order valence-corrected chi connectivity index (χ0v) is 18.9. The van der Waals surface area contributed by atoms with E-state index in [1.807, 2.05) is 6.92 Å². The lowest BCUT2D eigenvalue weighted by Gasteiger charge is -2.08. The lowest BCUT2D eigenvalue weighted by molar-refractivity contribution is 0.0459. The number of aromatic amines is 1. The fourth-order valence-electron chi connectivity index (χ4n) is 3.22. The Labute approximate surface area is 184 Å². The molecule has 0 aliphatic heterocycles. The van der Waals surface area contributed by atoms with Crippen LogP contribution >= 0.6 is 0 Å². The van der Waals surface area contributed by atoms with Crippen molar-refractivity contribution in [1.29, 1.82) is 0 Å². The van der Waals surface area contributed by atoms with Crippen LogP contribution in [0.25, 0.3) is 11.2 Å². The number of esters is 1. The zero-order valence-electron chi connectivity index (χ0n) is 18.0. The van der Waals surface area contributed by atoms with Crippen molar-refractivity contribution < 1.29 is 17.9 Å². The second-order valence-electron chi connectivity index (χ2n) is 7.13. The van der Waals surface area contributed by atoms with Gasteiger partial charge in [-0.2, -0.15) is 0 Å². The summed E-state index contributed by atoms with van der Waals surface area (Å²) in [6, 6.07) is 5.49. The smallest absolute Gasteiger partial charge is 0.338 e. The van der Waals surface area contributed by atoms with Gasteiger partial charge in [0, 0.05) is 20.1 Å². The number of rotatable bonds is 9. The summed E-state index contributed by atoms with van der Waals surface area (Å²) in [5.74, 6) is -0.478. The molecule has 0 atom stereocenters. The topological polar surface area (TPSA) is 145 Å². The van der Waals surface area contributed by atoms with E-state index in [1.165, 1.54) is 33.4 Å². The molecule has 0 amide bonds. The molecule has 0 bridgehead atoms. The van der Waals surface area contributed by atoms with E-state index >= 15 is 0 Å². The molecule has 1 aromatic carbocycles. The molecule has 3 rings (SSSR count). The Hall–Kier alpha value is -3.25. The molecule has 3 aromatic rings. The average molecular weight is 464 g/mol. The summed E-state index contributed by atoms with van der Waals surface area (Å²) < 4.78 is 34.8. The fraction of sp³-hybridized carbons (Fsp3) is 0.400. The first kappa shape index (κ1) is 23.4. The monoisotopic (exact) mass is 463 g/mol. The molecule has 0 saturated carbocycles. The van der Waals surface area contributed by atoms with Gasteiger partial charge >= 0.3 is 11.7 Å². The van der Waals surface area contributed by atoms with Gasteiger partial charge in [-0.25, -0.2) is 27.7 Å². The number of hydrogen-bond donors (Lipinski definition) is 2. The van der Waals surface area contributed by atoms with Crippen LogP contribution < -0.4 is 16.0 Å². The van der Waals surface area contributed by atoms with E-state index in [0.29, 0.717) is 6.54 Å². The summed E-state index contributed by atoms with van der Waals surface area (Å²) in [6.07, 6.45) is 1.58. The number of fused-ring (bicyclic) bond motifs is 1.